The number of hydrogen-bond acceptors (Lipinski definition) is 3. The number of ether oxygens (including phenoxy) is 1. The molecule has 0 amide bonds. The predicted octanol–water partition coefficient (Wildman–Crippen LogP) is 3.75. The molecule has 0 spiro atoms. The lowest BCUT2D eigenvalue weighted by atomic mass is 10.1. The second-order valence-electron chi connectivity index (χ2n) is 4.55. The Morgan fingerprint density at radius 1 is 1.10 bits per heavy atom. The summed E-state index contributed by atoms with van der Waals surface area (Å²) < 4.78 is 5.63. The predicted molar refractivity (Wildman–Crippen MR) is 80.9 cm³/mol. The maximum Gasteiger partial charge on any atom is 0.119 e. The first-order valence-corrected chi connectivity index (χ1v) is 6.72. The van der Waals surface area contributed by atoms with Crippen LogP contribution in [-0.2, 0) is 0 Å². The molecule has 102 valence electrons. The van der Waals surface area contributed by atoms with Crippen molar-refractivity contribution < 1.29 is 4.74 Å². The van der Waals surface area contributed by atoms with E-state index in [2.05, 4.69) is 11.4 Å². The van der Waals surface area contributed by atoms with Gasteiger partial charge in [0.05, 0.1) is 17.9 Å². The van der Waals surface area contributed by atoms with Crippen molar-refractivity contribution in [3.63, 3.8) is 0 Å². The molecule has 3 heteroatoms. The number of hydrogen-bond donors (Lipinski definition) is 1. The maximum atomic E-state index is 9.08. The first kappa shape index (κ1) is 14.0. The van der Waals surface area contributed by atoms with Crippen molar-refractivity contribution >= 4 is 5.69 Å². The number of nitriles is 1. The van der Waals surface area contributed by atoms with Gasteiger partial charge in [-0.3, -0.25) is 0 Å². The second kappa shape index (κ2) is 7.20. The Kier molecular flexibility index (Phi) is 5.02. The molecule has 0 saturated carbocycles. The van der Waals surface area contributed by atoms with E-state index in [0.717, 1.165) is 30.0 Å². The molecule has 1 N–H and O–H groups in total. The minimum absolute atomic E-state index is 0.658. The fourth-order valence-corrected chi connectivity index (χ4v) is 1.99. The van der Waals surface area contributed by atoms with Crippen molar-refractivity contribution in [2.45, 2.75) is 13.3 Å². The third kappa shape index (κ3) is 3.76. The summed E-state index contributed by atoms with van der Waals surface area (Å²) in [6.07, 6.45) is 0.883. The van der Waals surface area contributed by atoms with Crippen LogP contribution in [0, 0.1) is 18.3 Å². The zero-order valence-corrected chi connectivity index (χ0v) is 11.6. The summed E-state index contributed by atoms with van der Waals surface area (Å²) >= 11 is 0. The summed E-state index contributed by atoms with van der Waals surface area (Å²) in [7, 11) is 0. The second-order valence-corrected chi connectivity index (χ2v) is 4.55. The summed E-state index contributed by atoms with van der Waals surface area (Å²) in [5.74, 6) is 0.890. The summed E-state index contributed by atoms with van der Waals surface area (Å²) in [5.41, 5.74) is 2.71. The molecule has 0 atom stereocenters. The molecule has 0 aliphatic carbocycles. The molecule has 0 aliphatic rings. The van der Waals surface area contributed by atoms with E-state index >= 15 is 0 Å². The molecule has 0 unspecified atom stereocenters. The number of rotatable bonds is 6. The van der Waals surface area contributed by atoms with Gasteiger partial charge in [0.1, 0.15) is 11.8 Å². The Morgan fingerprint density at radius 3 is 2.65 bits per heavy atom. The van der Waals surface area contributed by atoms with E-state index in [4.69, 9.17) is 10.00 Å². The summed E-state index contributed by atoms with van der Waals surface area (Å²) in [5, 5.41) is 12.4. The van der Waals surface area contributed by atoms with E-state index < -0.39 is 0 Å². The molecule has 20 heavy (non-hydrogen) atoms. The summed E-state index contributed by atoms with van der Waals surface area (Å²) in [6.45, 7) is 3.45. The van der Waals surface area contributed by atoms with E-state index in [9.17, 15) is 0 Å². The first-order chi connectivity index (χ1) is 9.81. The van der Waals surface area contributed by atoms with Crippen molar-refractivity contribution in [2.24, 2.45) is 0 Å². The number of nitrogens with zero attached hydrogens (tertiary/aromatic N) is 1. The van der Waals surface area contributed by atoms with Crippen LogP contribution in [0.5, 0.6) is 5.75 Å². The number of anilines is 1. The largest absolute Gasteiger partial charge is 0.494 e. The Labute approximate surface area is 119 Å². The van der Waals surface area contributed by atoms with Crippen LogP contribution < -0.4 is 10.1 Å². The van der Waals surface area contributed by atoms with Gasteiger partial charge in [0.15, 0.2) is 0 Å². The Hall–Kier alpha value is -2.47. The smallest absolute Gasteiger partial charge is 0.119 e. The Balaban J connectivity index is 1.78. The highest BCUT2D eigenvalue weighted by atomic mass is 16.5. The highest BCUT2D eigenvalue weighted by Gasteiger charge is 2.03. The van der Waals surface area contributed by atoms with Crippen LogP contribution >= 0.6 is 0 Å². The van der Waals surface area contributed by atoms with Crippen molar-refractivity contribution in [3.8, 4) is 11.8 Å². The third-order valence-corrected chi connectivity index (χ3v) is 3.03. The highest BCUT2D eigenvalue weighted by molar-refractivity contribution is 5.62. The average Bonchev–Trinajstić information content (AvgIpc) is 2.49. The quantitative estimate of drug-likeness (QED) is 0.810. The molecule has 0 fully saturated rings. The molecule has 0 aliphatic heterocycles. The van der Waals surface area contributed by atoms with Crippen molar-refractivity contribution in [1.29, 1.82) is 5.26 Å². The third-order valence-electron chi connectivity index (χ3n) is 3.03. The fourth-order valence-electron chi connectivity index (χ4n) is 1.99. The zero-order chi connectivity index (χ0) is 14.2. The number of nitrogens with one attached hydrogen (secondary N) is 1. The average molecular weight is 266 g/mol. The molecule has 0 bridgehead atoms. The molecular formula is C17H18N2O. The molecule has 2 aromatic carbocycles. The van der Waals surface area contributed by atoms with Gasteiger partial charge < -0.3 is 10.1 Å². The van der Waals surface area contributed by atoms with Crippen LogP contribution in [0.4, 0.5) is 5.69 Å². The highest BCUT2D eigenvalue weighted by Crippen LogP contribution is 2.19. The Bertz CT molecular complexity index is 588. The number of benzene rings is 2. The lowest BCUT2D eigenvalue weighted by Crippen LogP contribution is -2.09. The van der Waals surface area contributed by atoms with Gasteiger partial charge in [0, 0.05) is 6.54 Å². The molecular weight excluding hydrogens is 248 g/mol. The minimum Gasteiger partial charge on any atom is -0.494 e. The SMILES string of the molecule is Cc1cccc(C#N)c1NCCCOc1ccccc1. The normalized spacial score (nSPS) is 9.80. The van der Waals surface area contributed by atoms with Crippen LogP contribution in [-0.4, -0.2) is 13.2 Å². The van der Waals surface area contributed by atoms with Gasteiger partial charge in [0.2, 0.25) is 0 Å². The zero-order valence-electron chi connectivity index (χ0n) is 11.6. The number of aryl methyl sites for hydroxylation is 1. The van der Waals surface area contributed by atoms with E-state index in [0.29, 0.717) is 12.2 Å². The van der Waals surface area contributed by atoms with E-state index in [1.165, 1.54) is 0 Å². The molecule has 0 aromatic heterocycles. The minimum atomic E-state index is 0.658. The number of para-hydroxylation sites is 2. The molecule has 0 saturated heterocycles. The van der Waals surface area contributed by atoms with Crippen molar-refractivity contribution in [1.82, 2.24) is 0 Å². The van der Waals surface area contributed by atoms with Crippen LogP contribution in [0.15, 0.2) is 48.5 Å². The fraction of sp³-hybridized carbons (Fsp3) is 0.235. The van der Waals surface area contributed by atoms with Gasteiger partial charge in [-0.15, -0.1) is 0 Å². The van der Waals surface area contributed by atoms with Crippen LogP contribution in [0.25, 0.3) is 0 Å². The maximum absolute atomic E-state index is 9.08. The van der Waals surface area contributed by atoms with Gasteiger partial charge in [-0.2, -0.15) is 5.26 Å². The van der Waals surface area contributed by atoms with Gasteiger partial charge in [-0.05, 0) is 37.1 Å². The Morgan fingerprint density at radius 2 is 1.90 bits per heavy atom. The molecule has 0 radical (unpaired) electrons. The van der Waals surface area contributed by atoms with E-state index in [-0.39, 0.29) is 0 Å². The molecule has 3 nitrogen and oxygen atoms in total. The summed E-state index contributed by atoms with van der Waals surface area (Å²) in [6, 6.07) is 17.7. The van der Waals surface area contributed by atoms with Crippen LogP contribution in [0.3, 0.4) is 0 Å². The lowest BCUT2D eigenvalue weighted by molar-refractivity contribution is 0.315. The standard InChI is InChI=1S/C17H18N2O/c1-14-7-5-8-15(13-18)17(14)19-11-6-12-20-16-9-3-2-4-10-16/h2-5,7-10,19H,6,11-12H2,1H3. The van der Waals surface area contributed by atoms with Crippen molar-refractivity contribution in [3.05, 3.63) is 59.7 Å². The van der Waals surface area contributed by atoms with Crippen LogP contribution in [0.1, 0.15) is 17.5 Å². The van der Waals surface area contributed by atoms with Crippen molar-refractivity contribution in [2.75, 3.05) is 18.5 Å². The molecule has 2 aromatic rings. The van der Waals surface area contributed by atoms with E-state index in [1.54, 1.807) is 0 Å². The monoisotopic (exact) mass is 266 g/mol. The van der Waals surface area contributed by atoms with Crippen LogP contribution in [0.2, 0.25) is 0 Å². The molecule has 2 rings (SSSR count). The van der Waals surface area contributed by atoms with Gasteiger partial charge in [-0.25, -0.2) is 0 Å². The lowest BCUT2D eigenvalue weighted by Gasteiger charge is -2.11. The van der Waals surface area contributed by atoms with Gasteiger partial charge in [0.25, 0.3) is 0 Å². The van der Waals surface area contributed by atoms with Gasteiger partial charge in [-0.1, -0.05) is 30.3 Å². The molecule has 0 heterocycles. The van der Waals surface area contributed by atoms with E-state index in [1.807, 2.05) is 55.5 Å². The topological polar surface area (TPSA) is 45.0 Å². The first-order valence-electron chi connectivity index (χ1n) is 6.72. The summed E-state index contributed by atoms with van der Waals surface area (Å²) in [4.78, 5) is 0. The van der Waals surface area contributed by atoms with Gasteiger partial charge >= 0.3 is 0 Å².